The van der Waals surface area contributed by atoms with Crippen molar-refractivity contribution in [2.75, 3.05) is 6.54 Å². The van der Waals surface area contributed by atoms with Crippen LogP contribution < -0.4 is 5.73 Å². The topological polar surface area (TPSA) is 69.2 Å². The van der Waals surface area contributed by atoms with Gasteiger partial charge in [0.1, 0.15) is 0 Å². The summed E-state index contributed by atoms with van der Waals surface area (Å²) in [5, 5.41) is 10.5. The van der Waals surface area contributed by atoms with Crippen LogP contribution in [0.3, 0.4) is 0 Å². The van der Waals surface area contributed by atoms with Crippen molar-refractivity contribution >= 4 is 11.8 Å². The first-order valence-electron chi connectivity index (χ1n) is 3.96. The molecular weight excluding hydrogens is 187 g/mol. The third-order valence-electron chi connectivity index (χ3n) is 1.63. The highest BCUT2D eigenvalue weighted by atomic mass is 19.1. The van der Waals surface area contributed by atoms with Crippen LogP contribution in [0.25, 0.3) is 6.08 Å². The minimum Gasteiger partial charge on any atom is -0.327 e. The number of nitrogens with zero attached hydrogens (tertiary/aromatic N) is 1. The zero-order valence-electron chi connectivity index (χ0n) is 7.31. The van der Waals surface area contributed by atoms with Crippen LogP contribution in [0.5, 0.6) is 0 Å². The highest BCUT2D eigenvalue weighted by Crippen LogP contribution is 2.23. The van der Waals surface area contributed by atoms with Crippen LogP contribution in [-0.2, 0) is 0 Å². The quantitative estimate of drug-likeness (QED) is 0.591. The lowest BCUT2D eigenvalue weighted by Gasteiger charge is -1.97. The molecule has 0 aliphatic carbocycles. The molecule has 1 aromatic carbocycles. The maximum atomic E-state index is 13.0. The second kappa shape index (κ2) is 4.48. The maximum absolute atomic E-state index is 13.0. The molecule has 0 aliphatic rings. The van der Waals surface area contributed by atoms with E-state index in [2.05, 4.69) is 0 Å². The molecule has 2 N–H and O–H groups in total. The van der Waals surface area contributed by atoms with Gasteiger partial charge >= 0.3 is 5.69 Å². The van der Waals surface area contributed by atoms with Gasteiger partial charge in [-0.1, -0.05) is 18.2 Å². The zero-order chi connectivity index (χ0) is 10.6. The fraction of sp³-hybridized carbons (Fsp3) is 0.111. The van der Waals surface area contributed by atoms with E-state index in [0.29, 0.717) is 0 Å². The fourth-order valence-corrected chi connectivity index (χ4v) is 1.05. The fourth-order valence-electron chi connectivity index (χ4n) is 1.05. The number of halogens is 1. The highest BCUT2D eigenvalue weighted by Gasteiger charge is 2.17. The molecule has 0 aliphatic heterocycles. The molecule has 0 saturated carbocycles. The molecule has 74 valence electrons. The van der Waals surface area contributed by atoms with Gasteiger partial charge in [-0.15, -0.1) is 0 Å². The third-order valence-corrected chi connectivity index (χ3v) is 1.63. The van der Waals surface area contributed by atoms with Crippen molar-refractivity contribution in [3.05, 3.63) is 45.8 Å². The van der Waals surface area contributed by atoms with Crippen molar-refractivity contribution in [3.8, 4) is 0 Å². The minimum atomic E-state index is -0.839. The SMILES string of the molecule is NCC=Cc1cccc(F)c1[N+](=O)[O-]. The molecule has 0 radical (unpaired) electrons. The number of nitro groups is 1. The van der Waals surface area contributed by atoms with E-state index >= 15 is 0 Å². The molecule has 0 saturated heterocycles. The van der Waals surface area contributed by atoms with Gasteiger partial charge in [-0.2, -0.15) is 4.39 Å². The van der Waals surface area contributed by atoms with Gasteiger partial charge in [0.15, 0.2) is 0 Å². The van der Waals surface area contributed by atoms with Crippen LogP contribution in [0, 0.1) is 15.9 Å². The Kier molecular flexibility index (Phi) is 3.30. The Morgan fingerprint density at radius 2 is 2.29 bits per heavy atom. The van der Waals surface area contributed by atoms with E-state index in [4.69, 9.17) is 5.73 Å². The number of nitro benzene ring substituents is 1. The van der Waals surface area contributed by atoms with Crippen molar-refractivity contribution in [2.24, 2.45) is 5.73 Å². The Balaban J connectivity index is 3.21. The van der Waals surface area contributed by atoms with Crippen molar-refractivity contribution in [1.82, 2.24) is 0 Å². The van der Waals surface area contributed by atoms with E-state index in [1.165, 1.54) is 24.3 Å². The summed E-state index contributed by atoms with van der Waals surface area (Å²) in [6, 6.07) is 3.93. The van der Waals surface area contributed by atoms with E-state index in [-0.39, 0.29) is 12.1 Å². The Hall–Kier alpha value is -1.75. The van der Waals surface area contributed by atoms with E-state index in [0.717, 1.165) is 6.07 Å². The summed E-state index contributed by atoms with van der Waals surface area (Å²) in [5.74, 6) is -0.839. The van der Waals surface area contributed by atoms with Gasteiger partial charge in [-0.25, -0.2) is 0 Å². The normalized spacial score (nSPS) is 10.7. The van der Waals surface area contributed by atoms with Crippen molar-refractivity contribution in [2.45, 2.75) is 0 Å². The van der Waals surface area contributed by atoms with Crippen LogP contribution in [0.1, 0.15) is 5.56 Å². The number of nitrogens with two attached hydrogens (primary N) is 1. The smallest absolute Gasteiger partial charge is 0.311 e. The molecule has 5 heteroatoms. The van der Waals surface area contributed by atoms with Crippen LogP contribution in [-0.4, -0.2) is 11.5 Å². The lowest BCUT2D eigenvalue weighted by Crippen LogP contribution is -1.96. The van der Waals surface area contributed by atoms with Gasteiger partial charge in [0, 0.05) is 6.54 Å². The summed E-state index contributed by atoms with van der Waals surface area (Å²) in [4.78, 5) is 9.76. The number of para-hydroxylation sites is 1. The third kappa shape index (κ3) is 2.14. The maximum Gasteiger partial charge on any atom is 0.311 e. The Morgan fingerprint density at radius 1 is 1.57 bits per heavy atom. The second-order valence-electron chi connectivity index (χ2n) is 2.57. The van der Waals surface area contributed by atoms with Gasteiger partial charge < -0.3 is 5.73 Å². The summed E-state index contributed by atoms with van der Waals surface area (Å²) < 4.78 is 13.0. The number of hydrogen-bond acceptors (Lipinski definition) is 3. The van der Waals surface area contributed by atoms with Gasteiger partial charge in [0.2, 0.25) is 5.82 Å². The summed E-state index contributed by atoms with van der Waals surface area (Å²) in [6.45, 7) is 0.258. The number of hydrogen-bond donors (Lipinski definition) is 1. The van der Waals surface area contributed by atoms with Crippen molar-refractivity contribution in [3.63, 3.8) is 0 Å². The monoisotopic (exact) mass is 196 g/mol. The first-order chi connectivity index (χ1) is 6.66. The van der Waals surface area contributed by atoms with Gasteiger partial charge in [0.05, 0.1) is 10.5 Å². The van der Waals surface area contributed by atoms with E-state index in [9.17, 15) is 14.5 Å². The lowest BCUT2D eigenvalue weighted by molar-refractivity contribution is -0.387. The first kappa shape index (κ1) is 10.3. The highest BCUT2D eigenvalue weighted by molar-refractivity contribution is 5.61. The Bertz CT molecular complexity index is 377. The molecule has 0 aromatic heterocycles. The molecule has 14 heavy (non-hydrogen) atoms. The standard InChI is InChI=1S/C9H9FN2O2/c10-8-5-1-3-7(4-2-6-11)9(8)12(13)14/h1-5H,6,11H2. The van der Waals surface area contributed by atoms with E-state index in [1.54, 1.807) is 0 Å². The predicted octanol–water partition coefficient (Wildman–Crippen LogP) is 1.71. The molecule has 0 bridgehead atoms. The molecule has 0 spiro atoms. The Morgan fingerprint density at radius 3 is 2.86 bits per heavy atom. The minimum absolute atomic E-state index is 0.223. The average Bonchev–Trinajstić information content (AvgIpc) is 2.14. The Labute approximate surface area is 80.0 Å². The largest absolute Gasteiger partial charge is 0.327 e. The van der Waals surface area contributed by atoms with Crippen LogP contribution >= 0.6 is 0 Å². The van der Waals surface area contributed by atoms with Gasteiger partial charge in [0.25, 0.3) is 0 Å². The average molecular weight is 196 g/mol. The van der Waals surface area contributed by atoms with E-state index in [1.807, 2.05) is 0 Å². The second-order valence-corrected chi connectivity index (χ2v) is 2.57. The summed E-state index contributed by atoms with van der Waals surface area (Å²) in [6.07, 6.45) is 2.96. The zero-order valence-corrected chi connectivity index (χ0v) is 7.31. The van der Waals surface area contributed by atoms with Gasteiger partial charge in [-0.05, 0) is 12.1 Å². The molecule has 0 heterocycles. The number of rotatable bonds is 3. The summed E-state index contributed by atoms with van der Waals surface area (Å²) in [7, 11) is 0. The number of benzene rings is 1. The summed E-state index contributed by atoms with van der Waals surface area (Å²) in [5.41, 5.74) is 4.90. The molecule has 1 rings (SSSR count). The molecule has 4 nitrogen and oxygen atoms in total. The molecule has 0 unspecified atom stereocenters. The molecule has 1 aromatic rings. The van der Waals surface area contributed by atoms with E-state index < -0.39 is 16.4 Å². The van der Waals surface area contributed by atoms with Crippen molar-refractivity contribution < 1.29 is 9.31 Å². The molecular formula is C9H9FN2O2. The lowest BCUT2D eigenvalue weighted by atomic mass is 10.1. The molecule has 0 fully saturated rings. The molecule has 0 atom stereocenters. The van der Waals surface area contributed by atoms with Gasteiger partial charge in [-0.3, -0.25) is 10.1 Å². The molecule has 0 amide bonds. The van der Waals surface area contributed by atoms with Crippen LogP contribution in [0.2, 0.25) is 0 Å². The van der Waals surface area contributed by atoms with Crippen LogP contribution in [0.4, 0.5) is 10.1 Å². The van der Waals surface area contributed by atoms with Crippen LogP contribution in [0.15, 0.2) is 24.3 Å². The van der Waals surface area contributed by atoms with Crippen molar-refractivity contribution in [1.29, 1.82) is 0 Å². The first-order valence-corrected chi connectivity index (χ1v) is 3.96. The summed E-state index contributed by atoms with van der Waals surface area (Å²) >= 11 is 0. The predicted molar refractivity (Wildman–Crippen MR) is 51.1 cm³/mol.